The minimum Gasteiger partial charge on any atom is -0.497 e. The molecule has 160 valence electrons. The van der Waals surface area contributed by atoms with Crippen LogP contribution < -0.4 is 4.74 Å². The van der Waals surface area contributed by atoms with Gasteiger partial charge in [-0.05, 0) is 49.6 Å². The maximum atomic E-state index is 13.4. The summed E-state index contributed by atoms with van der Waals surface area (Å²) in [6.07, 6.45) is 1.23. The number of hydrogen-bond acceptors (Lipinski definition) is 4. The molecule has 0 saturated heterocycles. The largest absolute Gasteiger partial charge is 0.497 e. The van der Waals surface area contributed by atoms with Gasteiger partial charge in [0.1, 0.15) is 16.7 Å². The molecule has 0 aromatic heterocycles. The van der Waals surface area contributed by atoms with Crippen molar-refractivity contribution in [2.75, 3.05) is 7.11 Å². The molecular formula is C24H28BrNO4. The Morgan fingerprint density at radius 3 is 2.30 bits per heavy atom. The number of benzene rings is 2. The van der Waals surface area contributed by atoms with Crippen molar-refractivity contribution in [3.05, 3.63) is 71.9 Å². The summed E-state index contributed by atoms with van der Waals surface area (Å²) in [4.78, 5) is 25.7. The van der Waals surface area contributed by atoms with E-state index in [1.54, 1.807) is 18.9 Å². The number of hydrogen-bond donors (Lipinski definition) is 0. The van der Waals surface area contributed by atoms with Gasteiger partial charge in [-0.25, -0.2) is 0 Å². The first-order valence-electron chi connectivity index (χ1n) is 9.75. The summed E-state index contributed by atoms with van der Waals surface area (Å²) in [5.74, 6) is 0.129. The third-order valence-corrected chi connectivity index (χ3v) is 5.95. The van der Waals surface area contributed by atoms with Crippen molar-refractivity contribution >= 4 is 33.4 Å². The van der Waals surface area contributed by atoms with Gasteiger partial charge in [-0.3, -0.25) is 9.59 Å². The molecule has 3 atom stereocenters. The Kier molecular flexibility index (Phi) is 8.66. The second kappa shape index (κ2) is 11.0. The molecule has 2 aromatic carbocycles. The summed E-state index contributed by atoms with van der Waals surface area (Å²) in [6, 6.07) is 17.3. The molecular weight excluding hydrogens is 446 g/mol. The number of carbonyl (C=O) groups is 2. The van der Waals surface area contributed by atoms with E-state index in [4.69, 9.17) is 9.47 Å². The summed E-state index contributed by atoms with van der Waals surface area (Å²) in [7, 11) is 1.62. The molecule has 0 heterocycles. The van der Waals surface area contributed by atoms with Crippen LogP contribution in [0.2, 0.25) is 0 Å². The zero-order chi connectivity index (χ0) is 22.3. The molecule has 0 spiro atoms. The number of methoxy groups -OCH3 is 1. The van der Waals surface area contributed by atoms with Crippen molar-refractivity contribution in [3.8, 4) is 5.75 Å². The van der Waals surface area contributed by atoms with Crippen LogP contribution in [0.3, 0.4) is 0 Å². The van der Waals surface area contributed by atoms with E-state index in [0.717, 1.165) is 22.4 Å². The van der Waals surface area contributed by atoms with Gasteiger partial charge in [0.15, 0.2) is 0 Å². The predicted octanol–water partition coefficient (Wildman–Crippen LogP) is 5.36. The molecule has 1 amide bonds. The van der Waals surface area contributed by atoms with E-state index in [9.17, 15) is 9.59 Å². The molecule has 2 aromatic rings. The maximum absolute atomic E-state index is 13.4. The lowest BCUT2D eigenvalue weighted by molar-refractivity contribution is -0.147. The second-order valence-corrected chi connectivity index (χ2v) is 8.08. The van der Waals surface area contributed by atoms with E-state index in [-0.39, 0.29) is 11.9 Å². The molecule has 0 aliphatic carbocycles. The minimum absolute atomic E-state index is 0.192. The Labute approximate surface area is 186 Å². The first-order chi connectivity index (χ1) is 14.2. The van der Waals surface area contributed by atoms with Gasteiger partial charge in [0.25, 0.3) is 0 Å². The van der Waals surface area contributed by atoms with Crippen molar-refractivity contribution in [1.82, 2.24) is 4.90 Å². The fourth-order valence-electron chi connectivity index (χ4n) is 3.07. The summed E-state index contributed by atoms with van der Waals surface area (Å²) in [6.45, 7) is 6.95. The molecule has 0 bridgehead atoms. The normalized spacial score (nSPS) is 14.4. The number of rotatable bonds is 8. The van der Waals surface area contributed by atoms with Gasteiger partial charge in [-0.2, -0.15) is 0 Å². The quantitative estimate of drug-likeness (QED) is 0.382. The molecule has 2 rings (SSSR count). The molecule has 6 heteroatoms. The van der Waals surface area contributed by atoms with Gasteiger partial charge in [-0.1, -0.05) is 58.4 Å². The molecule has 0 aliphatic heterocycles. The molecule has 0 radical (unpaired) electrons. The monoisotopic (exact) mass is 473 g/mol. The van der Waals surface area contributed by atoms with Crippen LogP contribution in [0.15, 0.2) is 60.8 Å². The molecule has 0 N–H and O–H groups in total. The molecule has 0 unspecified atom stereocenters. The summed E-state index contributed by atoms with van der Waals surface area (Å²) >= 11 is 3.43. The van der Waals surface area contributed by atoms with Crippen molar-refractivity contribution < 1.29 is 19.1 Å². The highest BCUT2D eigenvalue weighted by molar-refractivity contribution is 9.10. The third-order valence-electron chi connectivity index (χ3n) is 4.81. The van der Waals surface area contributed by atoms with Crippen LogP contribution in [0.4, 0.5) is 0 Å². The number of carbonyl (C=O) groups excluding carboxylic acids is 2. The summed E-state index contributed by atoms with van der Waals surface area (Å²) in [5.41, 5.74) is 2.86. The Balaban J connectivity index is 2.42. The van der Waals surface area contributed by atoms with Crippen molar-refractivity contribution in [1.29, 1.82) is 0 Å². The predicted molar refractivity (Wildman–Crippen MR) is 122 cm³/mol. The van der Waals surface area contributed by atoms with E-state index in [0.29, 0.717) is 0 Å². The SMILES string of the molecule is COc1cccc(/C(C)=C/N(C(=O)[C@H](Br)[C@H](C)OC(C)=O)[C@@H](C)c2ccccc2)c1. The van der Waals surface area contributed by atoms with Crippen LogP contribution in [0, 0.1) is 0 Å². The van der Waals surface area contributed by atoms with Crippen LogP contribution in [0.5, 0.6) is 5.75 Å². The Morgan fingerprint density at radius 1 is 1.03 bits per heavy atom. The summed E-state index contributed by atoms with van der Waals surface area (Å²) in [5, 5.41) is 0. The van der Waals surface area contributed by atoms with Crippen LogP contribution in [0.1, 0.15) is 44.9 Å². The van der Waals surface area contributed by atoms with E-state index >= 15 is 0 Å². The van der Waals surface area contributed by atoms with E-state index in [2.05, 4.69) is 15.9 Å². The Bertz CT molecular complexity index is 897. The van der Waals surface area contributed by atoms with Gasteiger partial charge < -0.3 is 14.4 Å². The van der Waals surface area contributed by atoms with Crippen molar-refractivity contribution in [2.24, 2.45) is 0 Å². The Morgan fingerprint density at radius 2 is 1.70 bits per heavy atom. The number of alkyl halides is 1. The van der Waals surface area contributed by atoms with E-state index in [1.165, 1.54) is 6.92 Å². The average Bonchev–Trinajstić information content (AvgIpc) is 2.75. The standard InChI is InChI=1S/C24H28BrNO4/c1-16(21-12-9-13-22(14-21)29-5)15-26(17(2)20-10-7-6-8-11-20)24(28)23(25)18(3)30-19(4)27/h6-15,17-18,23H,1-5H3/b16-15+/t17-,18-,23+/m0/s1. The lowest BCUT2D eigenvalue weighted by atomic mass is 10.0. The molecule has 0 fully saturated rings. The zero-order valence-corrected chi connectivity index (χ0v) is 19.5. The van der Waals surface area contributed by atoms with Gasteiger partial charge in [0, 0.05) is 13.1 Å². The number of allylic oxidation sites excluding steroid dienone is 1. The van der Waals surface area contributed by atoms with Gasteiger partial charge in [-0.15, -0.1) is 0 Å². The van der Waals surface area contributed by atoms with Crippen LogP contribution in [-0.4, -0.2) is 34.8 Å². The van der Waals surface area contributed by atoms with Crippen LogP contribution in [0.25, 0.3) is 5.57 Å². The average molecular weight is 474 g/mol. The van der Waals surface area contributed by atoms with E-state index in [1.807, 2.05) is 74.6 Å². The number of halogens is 1. The number of ether oxygens (including phenoxy) is 2. The molecule has 0 saturated carbocycles. The van der Waals surface area contributed by atoms with E-state index < -0.39 is 16.9 Å². The maximum Gasteiger partial charge on any atom is 0.302 e. The molecule has 0 aliphatic rings. The zero-order valence-electron chi connectivity index (χ0n) is 18.0. The van der Waals surface area contributed by atoms with Gasteiger partial charge in [0.2, 0.25) is 5.91 Å². The fourth-order valence-corrected chi connectivity index (χ4v) is 3.42. The third kappa shape index (κ3) is 6.20. The molecule has 5 nitrogen and oxygen atoms in total. The van der Waals surface area contributed by atoms with Crippen molar-refractivity contribution in [2.45, 2.75) is 44.7 Å². The van der Waals surface area contributed by atoms with Crippen molar-refractivity contribution in [3.63, 3.8) is 0 Å². The second-order valence-electron chi connectivity index (χ2n) is 7.09. The summed E-state index contributed by atoms with van der Waals surface area (Å²) < 4.78 is 10.5. The highest BCUT2D eigenvalue weighted by Crippen LogP contribution is 2.28. The van der Waals surface area contributed by atoms with Gasteiger partial charge >= 0.3 is 5.97 Å². The first kappa shape index (κ1) is 23.7. The highest BCUT2D eigenvalue weighted by Gasteiger charge is 2.31. The first-order valence-corrected chi connectivity index (χ1v) is 10.7. The minimum atomic E-state index is -0.679. The van der Waals surface area contributed by atoms with Crippen LogP contribution in [-0.2, 0) is 14.3 Å². The lowest BCUT2D eigenvalue weighted by Gasteiger charge is -2.30. The lowest BCUT2D eigenvalue weighted by Crippen LogP contribution is -2.40. The number of nitrogens with zero attached hydrogens (tertiary/aromatic N) is 1. The topological polar surface area (TPSA) is 55.8 Å². The highest BCUT2D eigenvalue weighted by atomic mass is 79.9. The molecule has 30 heavy (non-hydrogen) atoms. The fraction of sp³-hybridized carbons (Fsp3) is 0.333. The van der Waals surface area contributed by atoms with Crippen LogP contribution >= 0.6 is 15.9 Å². The number of esters is 1. The van der Waals surface area contributed by atoms with Gasteiger partial charge in [0.05, 0.1) is 13.2 Å². The smallest absolute Gasteiger partial charge is 0.302 e. The number of amides is 1. The Hall–Kier alpha value is -2.60.